The lowest BCUT2D eigenvalue weighted by Crippen LogP contribution is -2.43. The molecule has 1 saturated heterocycles. The summed E-state index contributed by atoms with van der Waals surface area (Å²) in [6, 6.07) is 9.52. The van der Waals surface area contributed by atoms with Crippen molar-refractivity contribution in [2.24, 2.45) is 5.92 Å². The lowest BCUT2D eigenvalue weighted by atomic mass is 9.96. The van der Waals surface area contributed by atoms with Crippen molar-refractivity contribution >= 4 is 17.5 Å². The molecular formula is C16H23N3O2. The molecule has 2 N–H and O–H groups in total. The lowest BCUT2D eigenvalue weighted by Gasteiger charge is -2.30. The number of amides is 2. The van der Waals surface area contributed by atoms with Gasteiger partial charge in [-0.05, 0) is 45.0 Å². The summed E-state index contributed by atoms with van der Waals surface area (Å²) in [7, 11) is 0. The Kier molecular flexibility index (Phi) is 5.75. The molecule has 0 bridgehead atoms. The van der Waals surface area contributed by atoms with Gasteiger partial charge in [0.1, 0.15) is 0 Å². The molecule has 1 aliphatic heterocycles. The molecule has 0 saturated carbocycles. The van der Waals surface area contributed by atoms with Gasteiger partial charge in [-0.25, -0.2) is 0 Å². The van der Waals surface area contributed by atoms with Gasteiger partial charge in [-0.2, -0.15) is 0 Å². The second kappa shape index (κ2) is 7.78. The van der Waals surface area contributed by atoms with E-state index in [1.54, 1.807) is 0 Å². The minimum absolute atomic E-state index is 0.0377. The number of hydrogen-bond donors (Lipinski definition) is 2. The van der Waals surface area contributed by atoms with Crippen molar-refractivity contribution in [1.82, 2.24) is 10.2 Å². The number of likely N-dealkylation sites (tertiary alicyclic amines) is 1. The van der Waals surface area contributed by atoms with Crippen molar-refractivity contribution < 1.29 is 9.59 Å². The molecule has 1 aromatic rings. The molecule has 114 valence electrons. The van der Waals surface area contributed by atoms with Crippen LogP contribution >= 0.6 is 0 Å². The zero-order chi connectivity index (χ0) is 15.1. The maximum absolute atomic E-state index is 12.2. The zero-order valence-electron chi connectivity index (χ0n) is 12.5. The highest BCUT2D eigenvalue weighted by Gasteiger charge is 2.25. The van der Waals surface area contributed by atoms with Crippen molar-refractivity contribution in [3.63, 3.8) is 0 Å². The minimum Gasteiger partial charge on any atom is -0.355 e. The van der Waals surface area contributed by atoms with Crippen LogP contribution in [0.25, 0.3) is 0 Å². The second-order valence-electron chi connectivity index (χ2n) is 5.36. The molecule has 0 radical (unpaired) electrons. The van der Waals surface area contributed by atoms with E-state index in [0.29, 0.717) is 13.1 Å². The number of hydrogen-bond acceptors (Lipinski definition) is 3. The highest BCUT2D eigenvalue weighted by atomic mass is 16.2. The Bertz CT molecular complexity index is 468. The smallest absolute Gasteiger partial charge is 0.234 e. The molecule has 2 amide bonds. The normalized spacial score (nSPS) is 16.4. The number of rotatable bonds is 5. The first kappa shape index (κ1) is 15.5. The Morgan fingerprint density at radius 2 is 1.86 bits per heavy atom. The maximum atomic E-state index is 12.2. The van der Waals surface area contributed by atoms with Crippen molar-refractivity contribution in [3.8, 4) is 0 Å². The van der Waals surface area contributed by atoms with Crippen molar-refractivity contribution in [3.05, 3.63) is 30.3 Å². The average Bonchev–Trinajstić information content (AvgIpc) is 2.49. The van der Waals surface area contributed by atoms with Crippen LogP contribution in [0.15, 0.2) is 30.3 Å². The third-order valence-corrected chi connectivity index (χ3v) is 3.74. The van der Waals surface area contributed by atoms with E-state index >= 15 is 0 Å². The summed E-state index contributed by atoms with van der Waals surface area (Å²) in [4.78, 5) is 25.8. The molecule has 0 unspecified atom stereocenters. The second-order valence-corrected chi connectivity index (χ2v) is 5.36. The van der Waals surface area contributed by atoms with Gasteiger partial charge >= 0.3 is 0 Å². The summed E-state index contributed by atoms with van der Waals surface area (Å²) in [5.41, 5.74) is 0.840. The zero-order valence-corrected chi connectivity index (χ0v) is 12.5. The Labute approximate surface area is 125 Å². The Morgan fingerprint density at radius 1 is 1.19 bits per heavy atom. The number of piperidine rings is 1. The molecule has 0 atom stereocenters. The van der Waals surface area contributed by atoms with Crippen molar-refractivity contribution in [2.45, 2.75) is 19.8 Å². The average molecular weight is 289 g/mol. The minimum atomic E-state index is 0.0377. The number of nitrogens with one attached hydrogen (secondary N) is 2. The molecule has 0 aliphatic carbocycles. The number of para-hydroxylation sites is 1. The largest absolute Gasteiger partial charge is 0.355 e. The van der Waals surface area contributed by atoms with E-state index in [-0.39, 0.29) is 17.7 Å². The van der Waals surface area contributed by atoms with Gasteiger partial charge in [0.05, 0.1) is 6.54 Å². The molecule has 0 spiro atoms. The summed E-state index contributed by atoms with van der Waals surface area (Å²) in [5, 5.41) is 5.75. The van der Waals surface area contributed by atoms with Gasteiger partial charge in [0.25, 0.3) is 0 Å². The van der Waals surface area contributed by atoms with E-state index in [2.05, 4.69) is 15.5 Å². The molecule has 2 rings (SSSR count). The number of nitrogens with zero attached hydrogens (tertiary/aromatic N) is 1. The van der Waals surface area contributed by atoms with Gasteiger partial charge in [0.15, 0.2) is 0 Å². The molecule has 21 heavy (non-hydrogen) atoms. The first-order chi connectivity index (χ1) is 10.2. The topological polar surface area (TPSA) is 61.4 Å². The number of anilines is 1. The predicted octanol–water partition coefficient (Wildman–Crippen LogP) is 1.47. The van der Waals surface area contributed by atoms with Gasteiger partial charge in [-0.1, -0.05) is 18.2 Å². The summed E-state index contributed by atoms with van der Waals surface area (Å²) >= 11 is 0. The van der Waals surface area contributed by atoms with Gasteiger partial charge in [-0.15, -0.1) is 0 Å². The van der Waals surface area contributed by atoms with Crippen LogP contribution in [0.1, 0.15) is 19.8 Å². The summed E-state index contributed by atoms with van der Waals surface area (Å²) in [6.07, 6.45) is 1.61. The van der Waals surface area contributed by atoms with Crippen LogP contribution in [0.2, 0.25) is 0 Å². The van der Waals surface area contributed by atoms with Crippen LogP contribution in [0.4, 0.5) is 5.69 Å². The first-order valence-corrected chi connectivity index (χ1v) is 7.54. The molecule has 5 heteroatoms. The fourth-order valence-corrected chi connectivity index (χ4v) is 2.58. The predicted molar refractivity (Wildman–Crippen MR) is 82.9 cm³/mol. The molecule has 1 aromatic carbocycles. The first-order valence-electron chi connectivity index (χ1n) is 7.54. The monoisotopic (exact) mass is 289 g/mol. The number of likely N-dealkylation sites (N-methyl/N-ethyl adjacent to an activating group) is 1. The third kappa shape index (κ3) is 4.86. The van der Waals surface area contributed by atoms with E-state index in [1.807, 2.05) is 37.3 Å². The summed E-state index contributed by atoms with van der Waals surface area (Å²) in [6.45, 7) is 4.60. The fourth-order valence-electron chi connectivity index (χ4n) is 2.58. The lowest BCUT2D eigenvalue weighted by molar-refractivity contribution is -0.123. The van der Waals surface area contributed by atoms with E-state index in [9.17, 15) is 9.59 Å². The molecule has 5 nitrogen and oxygen atoms in total. The highest BCUT2D eigenvalue weighted by Crippen LogP contribution is 2.19. The van der Waals surface area contributed by atoms with Gasteiger partial charge in [0.2, 0.25) is 11.8 Å². The summed E-state index contributed by atoms with van der Waals surface area (Å²) in [5.74, 6) is 0.180. The van der Waals surface area contributed by atoms with Crippen LogP contribution in [-0.4, -0.2) is 42.9 Å². The quantitative estimate of drug-likeness (QED) is 0.863. The molecular weight excluding hydrogens is 266 g/mol. The van der Waals surface area contributed by atoms with Crippen LogP contribution in [-0.2, 0) is 9.59 Å². The van der Waals surface area contributed by atoms with Crippen LogP contribution in [0.3, 0.4) is 0 Å². The fraction of sp³-hybridized carbons (Fsp3) is 0.500. The molecule has 1 fully saturated rings. The van der Waals surface area contributed by atoms with Crippen molar-refractivity contribution in [2.75, 3.05) is 31.5 Å². The van der Waals surface area contributed by atoms with E-state index < -0.39 is 0 Å². The van der Waals surface area contributed by atoms with Gasteiger partial charge < -0.3 is 10.6 Å². The van der Waals surface area contributed by atoms with Crippen LogP contribution in [0, 0.1) is 5.92 Å². The molecule has 0 aromatic heterocycles. The number of carbonyl (C=O) groups excluding carboxylic acids is 2. The van der Waals surface area contributed by atoms with E-state index in [0.717, 1.165) is 31.6 Å². The van der Waals surface area contributed by atoms with Gasteiger partial charge in [0, 0.05) is 18.2 Å². The summed E-state index contributed by atoms with van der Waals surface area (Å²) < 4.78 is 0. The van der Waals surface area contributed by atoms with E-state index in [4.69, 9.17) is 0 Å². The standard InChI is InChI=1S/C16H23N3O2/c1-2-17-15(20)12-19-10-8-13(9-11-19)16(21)18-14-6-4-3-5-7-14/h3-7,13H,2,8-12H2,1H3,(H,17,20)(H,18,21). The number of benzene rings is 1. The maximum Gasteiger partial charge on any atom is 0.234 e. The SMILES string of the molecule is CCNC(=O)CN1CCC(C(=O)Nc2ccccc2)CC1. The van der Waals surface area contributed by atoms with Gasteiger partial charge in [-0.3, -0.25) is 14.5 Å². The Hall–Kier alpha value is -1.88. The molecule has 1 heterocycles. The number of carbonyl (C=O) groups is 2. The third-order valence-electron chi connectivity index (χ3n) is 3.74. The van der Waals surface area contributed by atoms with E-state index in [1.165, 1.54) is 0 Å². The van der Waals surface area contributed by atoms with Crippen molar-refractivity contribution in [1.29, 1.82) is 0 Å². The Morgan fingerprint density at radius 3 is 2.48 bits per heavy atom. The highest BCUT2D eigenvalue weighted by molar-refractivity contribution is 5.92. The molecule has 1 aliphatic rings. The Balaban J connectivity index is 1.75. The van der Waals surface area contributed by atoms with Crippen LogP contribution in [0.5, 0.6) is 0 Å². The van der Waals surface area contributed by atoms with Crippen LogP contribution < -0.4 is 10.6 Å².